The van der Waals surface area contributed by atoms with E-state index in [1.807, 2.05) is 51.1 Å². The fraction of sp³-hybridized carbons (Fsp3) is 0.481. The standard InChI is InChI=1S/C27H37N3O3/c1-19(2)25(29-26(31)21-14-12-20(3)13-15-21)27(32)28-18-23(30-16-8-5-9-17-30)22-10-6-7-11-24(22)33-4/h6-7,10-15,19,23,25H,5,8-9,16-18H2,1-4H3,(H,28,32)(H,29,31). The maximum absolute atomic E-state index is 13.2. The summed E-state index contributed by atoms with van der Waals surface area (Å²) in [5.41, 5.74) is 2.72. The second-order valence-electron chi connectivity index (χ2n) is 9.16. The SMILES string of the molecule is COc1ccccc1C(CNC(=O)C(NC(=O)c1ccc(C)cc1)C(C)C)N1CCCCC1. The van der Waals surface area contributed by atoms with Crippen molar-refractivity contribution in [2.24, 2.45) is 5.92 Å². The molecule has 6 heteroatoms. The number of likely N-dealkylation sites (tertiary alicyclic amines) is 1. The van der Waals surface area contributed by atoms with Crippen molar-refractivity contribution in [3.05, 3.63) is 65.2 Å². The summed E-state index contributed by atoms with van der Waals surface area (Å²) in [5.74, 6) is 0.387. The van der Waals surface area contributed by atoms with E-state index in [0.29, 0.717) is 12.1 Å². The molecule has 0 bridgehead atoms. The van der Waals surface area contributed by atoms with Gasteiger partial charge in [-0.1, -0.05) is 56.2 Å². The zero-order valence-corrected chi connectivity index (χ0v) is 20.3. The number of benzene rings is 2. The van der Waals surface area contributed by atoms with Gasteiger partial charge in [0.25, 0.3) is 5.91 Å². The summed E-state index contributed by atoms with van der Waals surface area (Å²) < 4.78 is 5.62. The molecule has 0 radical (unpaired) electrons. The first-order chi connectivity index (χ1) is 15.9. The van der Waals surface area contributed by atoms with Crippen LogP contribution in [0.3, 0.4) is 0 Å². The van der Waals surface area contributed by atoms with Crippen LogP contribution in [0.25, 0.3) is 0 Å². The Hall–Kier alpha value is -2.86. The van der Waals surface area contributed by atoms with Crippen LogP contribution in [0.5, 0.6) is 5.75 Å². The second-order valence-corrected chi connectivity index (χ2v) is 9.16. The third-order valence-corrected chi connectivity index (χ3v) is 6.35. The van der Waals surface area contributed by atoms with Crippen molar-refractivity contribution < 1.29 is 14.3 Å². The first kappa shape index (κ1) is 24.8. The number of hydrogen-bond donors (Lipinski definition) is 2. The lowest BCUT2D eigenvalue weighted by atomic mass is 9.99. The molecule has 2 aromatic rings. The van der Waals surface area contributed by atoms with Gasteiger partial charge in [0, 0.05) is 17.7 Å². The van der Waals surface area contributed by atoms with Crippen molar-refractivity contribution in [2.45, 2.75) is 52.1 Å². The molecule has 33 heavy (non-hydrogen) atoms. The Morgan fingerprint density at radius 2 is 1.67 bits per heavy atom. The van der Waals surface area contributed by atoms with Crippen LogP contribution in [0.4, 0.5) is 0 Å². The lowest BCUT2D eigenvalue weighted by Crippen LogP contribution is -2.51. The smallest absolute Gasteiger partial charge is 0.251 e. The Morgan fingerprint density at radius 3 is 2.30 bits per heavy atom. The number of hydrogen-bond acceptors (Lipinski definition) is 4. The van der Waals surface area contributed by atoms with Crippen molar-refractivity contribution in [2.75, 3.05) is 26.7 Å². The van der Waals surface area contributed by atoms with E-state index in [0.717, 1.165) is 42.8 Å². The van der Waals surface area contributed by atoms with Gasteiger partial charge in [0.15, 0.2) is 0 Å². The number of carbonyl (C=O) groups excluding carboxylic acids is 2. The Kier molecular flexibility index (Phi) is 8.89. The lowest BCUT2D eigenvalue weighted by molar-refractivity contribution is -0.124. The van der Waals surface area contributed by atoms with Gasteiger partial charge in [0.1, 0.15) is 11.8 Å². The lowest BCUT2D eigenvalue weighted by Gasteiger charge is -2.36. The Labute approximate surface area is 197 Å². The van der Waals surface area contributed by atoms with Gasteiger partial charge in [-0.05, 0) is 57.0 Å². The van der Waals surface area contributed by atoms with E-state index >= 15 is 0 Å². The molecule has 2 amide bonds. The van der Waals surface area contributed by atoms with Crippen LogP contribution in [0.15, 0.2) is 48.5 Å². The highest BCUT2D eigenvalue weighted by Crippen LogP contribution is 2.31. The van der Waals surface area contributed by atoms with Gasteiger partial charge in [0.2, 0.25) is 5.91 Å². The number of nitrogens with one attached hydrogen (secondary N) is 2. The minimum Gasteiger partial charge on any atom is -0.496 e. The van der Waals surface area contributed by atoms with E-state index < -0.39 is 6.04 Å². The second kappa shape index (κ2) is 11.8. The van der Waals surface area contributed by atoms with Gasteiger partial charge < -0.3 is 15.4 Å². The quantitative estimate of drug-likeness (QED) is 0.602. The molecule has 178 valence electrons. The van der Waals surface area contributed by atoms with E-state index in [4.69, 9.17) is 4.74 Å². The summed E-state index contributed by atoms with van der Waals surface area (Å²) in [6.45, 7) is 8.33. The Morgan fingerprint density at radius 1 is 1.00 bits per heavy atom. The molecule has 0 spiro atoms. The van der Waals surface area contributed by atoms with Gasteiger partial charge in [-0.3, -0.25) is 14.5 Å². The summed E-state index contributed by atoms with van der Waals surface area (Å²) in [4.78, 5) is 28.4. The number of ether oxygens (including phenoxy) is 1. The Balaban J connectivity index is 1.72. The molecular weight excluding hydrogens is 414 g/mol. The molecule has 0 aliphatic carbocycles. The molecule has 2 N–H and O–H groups in total. The molecule has 0 aromatic heterocycles. The minimum absolute atomic E-state index is 0.0195. The average Bonchev–Trinajstić information content (AvgIpc) is 2.83. The van der Waals surface area contributed by atoms with Crippen molar-refractivity contribution in [3.63, 3.8) is 0 Å². The normalized spacial score (nSPS) is 16.2. The number of amides is 2. The van der Waals surface area contributed by atoms with Crippen LogP contribution >= 0.6 is 0 Å². The number of nitrogens with zero attached hydrogens (tertiary/aromatic N) is 1. The molecule has 1 heterocycles. The topological polar surface area (TPSA) is 70.7 Å². The largest absolute Gasteiger partial charge is 0.496 e. The van der Waals surface area contributed by atoms with Crippen LogP contribution in [0.2, 0.25) is 0 Å². The predicted octanol–water partition coefficient (Wildman–Crippen LogP) is 4.10. The monoisotopic (exact) mass is 451 g/mol. The number of para-hydroxylation sites is 1. The van der Waals surface area contributed by atoms with E-state index in [9.17, 15) is 9.59 Å². The molecule has 1 aliphatic heterocycles. The zero-order chi connectivity index (χ0) is 23.8. The molecule has 2 aromatic carbocycles. The van der Waals surface area contributed by atoms with E-state index in [1.54, 1.807) is 19.2 Å². The first-order valence-corrected chi connectivity index (χ1v) is 11.9. The Bertz CT molecular complexity index is 920. The molecule has 6 nitrogen and oxygen atoms in total. The van der Waals surface area contributed by atoms with Crippen LogP contribution in [-0.2, 0) is 4.79 Å². The van der Waals surface area contributed by atoms with E-state index in [1.165, 1.54) is 6.42 Å². The van der Waals surface area contributed by atoms with Crippen LogP contribution in [0, 0.1) is 12.8 Å². The van der Waals surface area contributed by atoms with Crippen molar-refractivity contribution in [3.8, 4) is 5.75 Å². The van der Waals surface area contributed by atoms with Crippen molar-refractivity contribution in [1.29, 1.82) is 0 Å². The average molecular weight is 452 g/mol. The minimum atomic E-state index is -0.613. The third-order valence-electron chi connectivity index (χ3n) is 6.35. The highest BCUT2D eigenvalue weighted by atomic mass is 16.5. The van der Waals surface area contributed by atoms with Crippen LogP contribution in [-0.4, -0.2) is 49.5 Å². The predicted molar refractivity (Wildman–Crippen MR) is 131 cm³/mol. The van der Waals surface area contributed by atoms with Crippen LogP contribution in [0.1, 0.15) is 60.6 Å². The van der Waals surface area contributed by atoms with E-state index in [-0.39, 0.29) is 23.8 Å². The van der Waals surface area contributed by atoms with Gasteiger partial charge >= 0.3 is 0 Å². The van der Waals surface area contributed by atoms with E-state index in [2.05, 4.69) is 21.6 Å². The molecule has 1 aliphatic rings. The summed E-state index contributed by atoms with van der Waals surface area (Å²) >= 11 is 0. The summed E-state index contributed by atoms with van der Waals surface area (Å²) in [7, 11) is 1.68. The maximum atomic E-state index is 13.2. The molecule has 2 unspecified atom stereocenters. The molecular formula is C27H37N3O3. The first-order valence-electron chi connectivity index (χ1n) is 11.9. The highest BCUT2D eigenvalue weighted by molar-refractivity contribution is 5.97. The van der Waals surface area contributed by atoms with Gasteiger partial charge in [-0.2, -0.15) is 0 Å². The summed E-state index contributed by atoms with van der Waals surface area (Å²) in [6, 6.07) is 14.8. The fourth-order valence-corrected chi connectivity index (χ4v) is 4.38. The molecule has 1 saturated heterocycles. The van der Waals surface area contributed by atoms with Crippen molar-refractivity contribution in [1.82, 2.24) is 15.5 Å². The van der Waals surface area contributed by atoms with Gasteiger partial charge in [0.05, 0.1) is 13.2 Å². The maximum Gasteiger partial charge on any atom is 0.251 e. The molecule has 0 saturated carbocycles. The number of piperidine rings is 1. The van der Waals surface area contributed by atoms with Crippen LogP contribution < -0.4 is 15.4 Å². The number of carbonyl (C=O) groups is 2. The molecule has 3 rings (SSSR count). The molecule has 1 fully saturated rings. The number of aryl methyl sites for hydroxylation is 1. The van der Waals surface area contributed by atoms with Gasteiger partial charge in [-0.25, -0.2) is 0 Å². The number of methoxy groups -OCH3 is 1. The zero-order valence-electron chi connectivity index (χ0n) is 20.3. The molecule has 2 atom stereocenters. The van der Waals surface area contributed by atoms with Crippen molar-refractivity contribution >= 4 is 11.8 Å². The summed E-state index contributed by atoms with van der Waals surface area (Å²) in [5, 5.41) is 6.05. The third kappa shape index (κ3) is 6.57. The highest BCUT2D eigenvalue weighted by Gasteiger charge is 2.29. The summed E-state index contributed by atoms with van der Waals surface area (Å²) in [6.07, 6.45) is 3.55. The number of rotatable bonds is 9. The fourth-order valence-electron chi connectivity index (χ4n) is 4.38. The van der Waals surface area contributed by atoms with Gasteiger partial charge in [-0.15, -0.1) is 0 Å².